The van der Waals surface area contributed by atoms with Crippen molar-refractivity contribution in [3.63, 3.8) is 0 Å². The first-order chi connectivity index (χ1) is 12.7. The Hall–Kier alpha value is -1.80. The highest BCUT2D eigenvalue weighted by atomic mass is 19.4. The van der Waals surface area contributed by atoms with Crippen molar-refractivity contribution in [2.24, 2.45) is 0 Å². The molecule has 0 aliphatic carbocycles. The summed E-state index contributed by atoms with van der Waals surface area (Å²) in [6.07, 6.45) is 1.52. The Morgan fingerprint density at radius 2 is 1.52 bits per heavy atom. The molecule has 0 saturated heterocycles. The molecule has 0 aliphatic heterocycles. The number of unbranched alkanes of at least 4 members (excludes halogenated alkanes) is 6. The fourth-order valence-electron chi connectivity index (χ4n) is 2.55. The van der Waals surface area contributed by atoms with Gasteiger partial charge in [0.05, 0.1) is 0 Å². The molecular weight excluding hydrogens is 367 g/mol. The van der Waals surface area contributed by atoms with Gasteiger partial charge < -0.3 is 15.2 Å². The monoisotopic (exact) mass is 397 g/mol. The van der Waals surface area contributed by atoms with Crippen LogP contribution in [-0.2, 0) is 19.1 Å². The van der Waals surface area contributed by atoms with E-state index in [1.165, 1.54) is 0 Å². The molecule has 1 unspecified atom stereocenters. The number of rotatable bonds is 15. The predicted molar refractivity (Wildman–Crippen MR) is 93.0 cm³/mol. The SMILES string of the molecule is CCCCCC(CCCCCCCC(=O)NCC(=O)O)OC(=O)C(F)(F)F. The molecular formula is C18H30F3NO5. The lowest BCUT2D eigenvalue weighted by Crippen LogP contribution is -2.30. The maximum absolute atomic E-state index is 12.4. The minimum absolute atomic E-state index is 0.246. The Kier molecular flexibility index (Phi) is 13.3. The molecule has 0 aromatic heterocycles. The van der Waals surface area contributed by atoms with Crippen LogP contribution < -0.4 is 5.32 Å². The number of alkyl halides is 3. The molecule has 6 nitrogen and oxygen atoms in total. The van der Waals surface area contributed by atoms with Crippen molar-refractivity contribution in [2.45, 2.75) is 89.8 Å². The van der Waals surface area contributed by atoms with E-state index in [0.717, 1.165) is 38.5 Å². The fourth-order valence-corrected chi connectivity index (χ4v) is 2.55. The molecule has 1 amide bonds. The van der Waals surface area contributed by atoms with Crippen LogP contribution in [0.1, 0.15) is 77.6 Å². The van der Waals surface area contributed by atoms with Crippen LogP contribution in [0.25, 0.3) is 0 Å². The summed E-state index contributed by atoms with van der Waals surface area (Å²) in [4.78, 5) is 32.6. The number of carbonyl (C=O) groups excluding carboxylic acids is 2. The van der Waals surface area contributed by atoms with E-state index in [-0.39, 0.29) is 12.3 Å². The van der Waals surface area contributed by atoms with Crippen LogP contribution in [0.3, 0.4) is 0 Å². The van der Waals surface area contributed by atoms with Crippen molar-refractivity contribution in [2.75, 3.05) is 6.54 Å². The van der Waals surface area contributed by atoms with E-state index in [1.54, 1.807) is 0 Å². The fraction of sp³-hybridized carbons (Fsp3) is 0.833. The van der Waals surface area contributed by atoms with Gasteiger partial charge in [-0.2, -0.15) is 13.2 Å². The van der Waals surface area contributed by atoms with Crippen LogP contribution >= 0.6 is 0 Å². The molecule has 158 valence electrons. The standard InChI is InChI=1S/C18H30F3NO5/c1-2-3-7-10-14(27-17(26)18(19,20)21)11-8-5-4-6-9-12-15(23)22-13-16(24)25/h14H,2-13H2,1H3,(H,22,23)(H,24,25). The number of carbonyl (C=O) groups is 3. The lowest BCUT2D eigenvalue weighted by atomic mass is 10.0. The third-order valence-electron chi connectivity index (χ3n) is 4.00. The molecule has 0 spiro atoms. The van der Waals surface area contributed by atoms with Crippen molar-refractivity contribution in [3.8, 4) is 0 Å². The number of hydrogen-bond donors (Lipinski definition) is 2. The number of hydrogen-bond acceptors (Lipinski definition) is 4. The van der Waals surface area contributed by atoms with Crippen molar-refractivity contribution < 1.29 is 37.4 Å². The Morgan fingerprint density at radius 1 is 0.963 bits per heavy atom. The van der Waals surface area contributed by atoms with Gasteiger partial charge in [0.15, 0.2) is 0 Å². The molecule has 0 fully saturated rings. The van der Waals surface area contributed by atoms with Gasteiger partial charge in [-0.05, 0) is 32.1 Å². The first-order valence-corrected chi connectivity index (χ1v) is 9.43. The second kappa shape index (κ2) is 14.3. The summed E-state index contributed by atoms with van der Waals surface area (Å²) in [7, 11) is 0. The smallest absolute Gasteiger partial charge is 0.480 e. The molecule has 0 heterocycles. The van der Waals surface area contributed by atoms with Crippen LogP contribution in [0.15, 0.2) is 0 Å². The van der Waals surface area contributed by atoms with Crippen LogP contribution in [0.4, 0.5) is 13.2 Å². The molecule has 27 heavy (non-hydrogen) atoms. The second-order valence-electron chi connectivity index (χ2n) is 6.50. The first-order valence-electron chi connectivity index (χ1n) is 9.43. The molecule has 0 radical (unpaired) electrons. The number of halogens is 3. The van der Waals surface area contributed by atoms with Gasteiger partial charge >= 0.3 is 18.1 Å². The Bertz CT molecular complexity index is 455. The van der Waals surface area contributed by atoms with E-state index in [2.05, 4.69) is 10.1 Å². The summed E-state index contributed by atoms with van der Waals surface area (Å²) in [6, 6.07) is 0. The third kappa shape index (κ3) is 15.0. The van der Waals surface area contributed by atoms with Gasteiger partial charge in [-0.3, -0.25) is 9.59 Å². The number of aliphatic carboxylic acids is 1. The van der Waals surface area contributed by atoms with E-state index < -0.39 is 30.8 Å². The normalized spacial score (nSPS) is 12.4. The number of amides is 1. The number of carboxylic acids is 1. The number of esters is 1. The van der Waals surface area contributed by atoms with Crippen molar-refractivity contribution in [3.05, 3.63) is 0 Å². The lowest BCUT2D eigenvalue weighted by Gasteiger charge is -2.18. The summed E-state index contributed by atoms with van der Waals surface area (Å²) in [6.45, 7) is 1.59. The van der Waals surface area contributed by atoms with E-state index in [9.17, 15) is 27.6 Å². The number of nitrogens with one attached hydrogen (secondary N) is 1. The number of carboxylic acid groups (broad SMARTS) is 1. The van der Waals surface area contributed by atoms with E-state index in [0.29, 0.717) is 25.7 Å². The van der Waals surface area contributed by atoms with Gasteiger partial charge in [0.2, 0.25) is 5.91 Å². The van der Waals surface area contributed by atoms with Crippen LogP contribution in [0, 0.1) is 0 Å². The predicted octanol–water partition coefficient (Wildman–Crippen LogP) is 3.97. The summed E-state index contributed by atoms with van der Waals surface area (Å²) >= 11 is 0. The topological polar surface area (TPSA) is 92.7 Å². The minimum atomic E-state index is -4.97. The van der Waals surface area contributed by atoms with Gasteiger partial charge in [-0.15, -0.1) is 0 Å². The zero-order valence-electron chi connectivity index (χ0n) is 15.8. The first kappa shape index (κ1) is 25.2. The summed E-state index contributed by atoms with van der Waals surface area (Å²) in [5, 5.41) is 10.7. The zero-order chi connectivity index (χ0) is 20.7. The maximum atomic E-state index is 12.4. The maximum Gasteiger partial charge on any atom is 0.490 e. The van der Waals surface area contributed by atoms with Crippen molar-refractivity contribution >= 4 is 17.8 Å². The van der Waals surface area contributed by atoms with E-state index >= 15 is 0 Å². The van der Waals surface area contributed by atoms with E-state index in [4.69, 9.17) is 5.11 Å². The molecule has 0 aromatic rings. The zero-order valence-corrected chi connectivity index (χ0v) is 15.8. The van der Waals surface area contributed by atoms with E-state index in [1.807, 2.05) is 6.92 Å². The molecule has 2 N–H and O–H groups in total. The largest absolute Gasteiger partial charge is 0.490 e. The van der Waals surface area contributed by atoms with Crippen LogP contribution in [0.5, 0.6) is 0 Å². The van der Waals surface area contributed by atoms with Crippen LogP contribution in [-0.4, -0.2) is 41.8 Å². The van der Waals surface area contributed by atoms with Gasteiger partial charge in [-0.25, -0.2) is 4.79 Å². The Morgan fingerprint density at radius 3 is 2.07 bits per heavy atom. The van der Waals surface area contributed by atoms with Gasteiger partial charge in [0.25, 0.3) is 0 Å². The second-order valence-corrected chi connectivity index (χ2v) is 6.50. The molecule has 0 aromatic carbocycles. The average Bonchev–Trinajstić information content (AvgIpc) is 2.58. The minimum Gasteiger partial charge on any atom is -0.480 e. The van der Waals surface area contributed by atoms with Gasteiger partial charge in [-0.1, -0.05) is 39.0 Å². The summed E-state index contributed by atoms with van der Waals surface area (Å²) in [5.41, 5.74) is 0. The molecule has 1 atom stereocenters. The van der Waals surface area contributed by atoms with Gasteiger partial charge in [0.1, 0.15) is 12.6 Å². The van der Waals surface area contributed by atoms with Crippen molar-refractivity contribution in [1.82, 2.24) is 5.32 Å². The molecule has 0 aliphatic rings. The Balaban J connectivity index is 3.96. The molecule has 9 heteroatoms. The summed E-state index contributed by atoms with van der Waals surface area (Å²) in [5.74, 6) is -3.54. The third-order valence-corrected chi connectivity index (χ3v) is 4.00. The quantitative estimate of drug-likeness (QED) is 0.322. The molecule has 0 rings (SSSR count). The van der Waals surface area contributed by atoms with Crippen molar-refractivity contribution in [1.29, 1.82) is 0 Å². The molecule has 0 bridgehead atoms. The highest BCUT2D eigenvalue weighted by Gasteiger charge is 2.42. The Labute approximate surface area is 157 Å². The number of ether oxygens (including phenoxy) is 1. The van der Waals surface area contributed by atoms with Crippen LogP contribution in [0.2, 0.25) is 0 Å². The summed E-state index contributed by atoms with van der Waals surface area (Å²) < 4.78 is 41.7. The highest BCUT2D eigenvalue weighted by Crippen LogP contribution is 2.22. The van der Waals surface area contributed by atoms with Gasteiger partial charge in [0, 0.05) is 6.42 Å². The molecule has 0 saturated carbocycles. The lowest BCUT2D eigenvalue weighted by molar-refractivity contribution is -0.205. The average molecular weight is 397 g/mol. The highest BCUT2D eigenvalue weighted by molar-refractivity contribution is 5.80.